The van der Waals surface area contributed by atoms with Gasteiger partial charge in [0.25, 0.3) is 17.5 Å². The lowest BCUT2D eigenvalue weighted by molar-refractivity contribution is -0.384. The van der Waals surface area contributed by atoms with E-state index in [1.165, 1.54) is 25.3 Å². The number of fused-ring (bicyclic) bond motifs is 5. The Morgan fingerprint density at radius 1 is 0.848 bits per heavy atom. The molecule has 2 saturated heterocycles. The minimum absolute atomic E-state index is 0.0139. The van der Waals surface area contributed by atoms with Gasteiger partial charge in [0.1, 0.15) is 5.75 Å². The summed E-state index contributed by atoms with van der Waals surface area (Å²) in [6.07, 6.45) is 6.38. The Morgan fingerprint density at radius 3 is 2.04 bits per heavy atom. The number of hydrogen-bond acceptors (Lipinski definition) is 8. The summed E-state index contributed by atoms with van der Waals surface area (Å²) in [5.74, 6) is -4.74. The predicted molar refractivity (Wildman–Crippen MR) is 163 cm³/mol. The molecule has 10 rings (SSSR count). The minimum Gasteiger partial charge on any atom is -0.494 e. The fraction of sp³-hybridized carbons (Fsp3) is 0.286. The monoisotopic (exact) mass is 614 g/mol. The van der Waals surface area contributed by atoms with E-state index in [2.05, 4.69) is 5.10 Å². The first-order chi connectivity index (χ1) is 22.3. The molecule has 3 fully saturated rings. The van der Waals surface area contributed by atoms with E-state index >= 15 is 0 Å². The molecule has 0 aromatic heterocycles. The number of non-ortho nitro benzene ring substituents is 1. The van der Waals surface area contributed by atoms with Gasteiger partial charge in [-0.1, -0.05) is 60.7 Å². The number of methoxy groups -OCH3 is 1. The number of allylic oxidation sites excluding steroid dienone is 2. The highest BCUT2D eigenvalue weighted by atomic mass is 16.6. The molecule has 3 aromatic carbocycles. The summed E-state index contributed by atoms with van der Waals surface area (Å²) in [4.78, 5) is 68.5. The molecule has 228 valence electrons. The van der Waals surface area contributed by atoms with Crippen LogP contribution in [0.2, 0.25) is 0 Å². The number of rotatable bonds is 5. The molecule has 7 aliphatic rings. The Balaban J connectivity index is 1.23. The fourth-order valence-corrected chi connectivity index (χ4v) is 9.40. The summed E-state index contributed by atoms with van der Waals surface area (Å²) in [5, 5.41) is 17.1. The molecule has 11 heteroatoms. The van der Waals surface area contributed by atoms with Crippen LogP contribution in [0.4, 0.5) is 11.4 Å². The van der Waals surface area contributed by atoms with Crippen LogP contribution in [0.25, 0.3) is 0 Å². The summed E-state index contributed by atoms with van der Waals surface area (Å²) in [6, 6.07) is 19.0. The second kappa shape index (κ2) is 9.06. The molecule has 46 heavy (non-hydrogen) atoms. The van der Waals surface area contributed by atoms with E-state index in [0.29, 0.717) is 0 Å². The van der Waals surface area contributed by atoms with Gasteiger partial charge < -0.3 is 4.74 Å². The van der Waals surface area contributed by atoms with Crippen molar-refractivity contribution in [3.8, 4) is 5.75 Å². The second-order valence-corrected chi connectivity index (χ2v) is 12.9. The van der Waals surface area contributed by atoms with Gasteiger partial charge in [0.15, 0.2) is 0 Å². The van der Waals surface area contributed by atoms with Crippen LogP contribution in [-0.4, -0.2) is 46.9 Å². The van der Waals surface area contributed by atoms with Crippen molar-refractivity contribution < 1.29 is 28.8 Å². The molecular weight excluding hydrogens is 588 g/mol. The summed E-state index contributed by atoms with van der Waals surface area (Å²) >= 11 is 0. The highest BCUT2D eigenvalue weighted by Crippen LogP contribution is 2.64. The van der Waals surface area contributed by atoms with Crippen molar-refractivity contribution in [2.45, 2.75) is 17.8 Å². The Hall–Kier alpha value is -5.45. The quantitative estimate of drug-likeness (QED) is 0.139. The van der Waals surface area contributed by atoms with E-state index in [9.17, 15) is 29.3 Å². The lowest BCUT2D eigenvalue weighted by Gasteiger charge is -2.52. The zero-order chi connectivity index (χ0) is 31.6. The normalized spacial score (nSPS) is 32.8. The molecule has 4 amide bonds. The Bertz CT molecular complexity index is 1940. The summed E-state index contributed by atoms with van der Waals surface area (Å²) in [5.41, 5.74) is 1.87. The maximum absolute atomic E-state index is 14.7. The van der Waals surface area contributed by atoms with E-state index < -0.39 is 51.7 Å². The number of anilines is 1. The Labute approximate surface area is 262 Å². The van der Waals surface area contributed by atoms with Gasteiger partial charge in [0.05, 0.1) is 52.9 Å². The zero-order valence-electron chi connectivity index (χ0n) is 24.5. The van der Waals surface area contributed by atoms with Crippen LogP contribution in [-0.2, 0) is 24.6 Å². The molecule has 1 saturated carbocycles. The third-order valence-electron chi connectivity index (χ3n) is 11.1. The summed E-state index contributed by atoms with van der Waals surface area (Å²) in [7, 11) is 1.32. The number of ether oxygens (including phenoxy) is 1. The molecular formula is C35H26N4O7. The average Bonchev–Trinajstić information content (AvgIpc) is 3.82. The number of hydrazone groups is 1. The van der Waals surface area contributed by atoms with Crippen LogP contribution < -0.4 is 9.64 Å². The number of nitro groups is 1. The van der Waals surface area contributed by atoms with Crippen LogP contribution in [0.5, 0.6) is 5.75 Å². The number of carbonyl (C=O) groups excluding carboxylic acids is 4. The van der Waals surface area contributed by atoms with Gasteiger partial charge in [-0.05, 0) is 46.6 Å². The molecule has 4 bridgehead atoms. The highest BCUT2D eigenvalue weighted by Gasteiger charge is 2.68. The van der Waals surface area contributed by atoms with Crippen LogP contribution in [0.1, 0.15) is 34.6 Å². The first-order valence-corrected chi connectivity index (χ1v) is 15.3. The van der Waals surface area contributed by atoms with Crippen LogP contribution in [0.3, 0.4) is 0 Å². The smallest absolute Gasteiger partial charge is 0.273 e. The summed E-state index contributed by atoms with van der Waals surface area (Å²) < 4.78 is 5.45. The number of hydrogen-bond donors (Lipinski definition) is 0. The Morgan fingerprint density at radius 2 is 1.46 bits per heavy atom. The van der Waals surface area contributed by atoms with Crippen molar-refractivity contribution in [3.63, 3.8) is 0 Å². The van der Waals surface area contributed by atoms with Crippen LogP contribution >= 0.6 is 0 Å². The molecule has 6 atom stereocenters. The number of carbonyl (C=O) groups is 4. The average molecular weight is 615 g/mol. The van der Waals surface area contributed by atoms with Gasteiger partial charge in [-0.15, -0.1) is 0 Å². The third kappa shape index (κ3) is 3.09. The van der Waals surface area contributed by atoms with Gasteiger partial charge in [-0.25, -0.2) is 4.90 Å². The van der Waals surface area contributed by atoms with E-state index in [4.69, 9.17) is 4.74 Å². The molecule has 11 nitrogen and oxygen atoms in total. The minimum atomic E-state index is -1.29. The van der Waals surface area contributed by atoms with Gasteiger partial charge in [0.2, 0.25) is 11.8 Å². The van der Waals surface area contributed by atoms with Crippen molar-refractivity contribution in [2.24, 2.45) is 40.6 Å². The van der Waals surface area contributed by atoms with Crippen molar-refractivity contribution >= 4 is 41.2 Å². The van der Waals surface area contributed by atoms with Crippen molar-refractivity contribution in [1.29, 1.82) is 0 Å². The van der Waals surface area contributed by atoms with Crippen molar-refractivity contribution in [3.05, 3.63) is 111 Å². The highest BCUT2D eigenvalue weighted by molar-refractivity contribution is 6.25. The molecule has 0 N–H and O–H groups in total. The molecule has 3 aromatic rings. The number of nitro benzene ring substituents is 1. The van der Waals surface area contributed by atoms with Crippen molar-refractivity contribution in [1.82, 2.24) is 5.01 Å². The van der Waals surface area contributed by atoms with E-state index in [1.54, 1.807) is 6.21 Å². The van der Waals surface area contributed by atoms with E-state index in [1.807, 2.05) is 60.7 Å². The number of amides is 4. The third-order valence-corrected chi connectivity index (χ3v) is 11.1. The lowest BCUT2D eigenvalue weighted by Crippen LogP contribution is -2.55. The van der Waals surface area contributed by atoms with E-state index in [0.717, 1.165) is 38.6 Å². The van der Waals surface area contributed by atoms with Gasteiger partial charge in [-0.2, -0.15) is 10.1 Å². The van der Waals surface area contributed by atoms with Gasteiger partial charge in [-0.3, -0.25) is 29.3 Å². The van der Waals surface area contributed by atoms with Crippen molar-refractivity contribution in [2.75, 3.05) is 12.0 Å². The standard InChI is InChI=1S/C35H26N4O7/c1-46-25-15-19(39(44)45)12-13-24(25)37-31(40)29-28-20-6-2-4-8-22(20)35(30(29)34(37)43,23-9-5-3-7-21(23)28)16-36-38-32(41)26-17-10-11-18(14-17)27(26)33(38)42/h2-13,15-18,26-30H,14H2,1H3/b36-16-/t17-,18-,26+,27+,28?,29+,30+,35?/m0/s1. The van der Waals surface area contributed by atoms with Gasteiger partial charge >= 0.3 is 0 Å². The lowest BCUT2D eigenvalue weighted by atomic mass is 9.47. The van der Waals surface area contributed by atoms with Gasteiger partial charge in [0, 0.05) is 18.2 Å². The number of imide groups is 2. The second-order valence-electron chi connectivity index (χ2n) is 12.9. The molecule has 2 aliphatic heterocycles. The zero-order valence-corrected chi connectivity index (χ0v) is 24.5. The topological polar surface area (TPSA) is 139 Å². The first kappa shape index (κ1) is 26.9. The molecule has 5 aliphatic carbocycles. The maximum Gasteiger partial charge on any atom is 0.273 e. The van der Waals surface area contributed by atoms with Crippen LogP contribution in [0.15, 0.2) is 84.0 Å². The predicted octanol–water partition coefficient (Wildman–Crippen LogP) is 3.95. The Kier molecular flexibility index (Phi) is 5.30. The number of nitrogens with zero attached hydrogens (tertiary/aromatic N) is 4. The molecule has 0 radical (unpaired) electrons. The SMILES string of the molecule is COc1cc([N+](=O)[O-])ccc1N1C(=O)[C@@H]2C3c4ccccc4C(/C=N\N4C(=O)[C@H]5[C@H](C4=O)[C@H]4C=C[C@H]5C4)(c4ccccc43)[C@H]2C1=O. The fourth-order valence-electron chi connectivity index (χ4n) is 9.40. The molecule has 0 unspecified atom stereocenters. The first-order valence-electron chi connectivity index (χ1n) is 15.3. The molecule has 2 heterocycles. The number of benzene rings is 3. The maximum atomic E-state index is 14.7. The molecule has 0 spiro atoms. The van der Waals surface area contributed by atoms with E-state index in [-0.39, 0.29) is 40.8 Å². The van der Waals surface area contributed by atoms with Crippen LogP contribution in [0, 0.1) is 45.6 Å². The largest absolute Gasteiger partial charge is 0.494 e. The summed E-state index contributed by atoms with van der Waals surface area (Å²) in [6.45, 7) is 0.